The second-order valence-electron chi connectivity index (χ2n) is 5.68. The van der Waals surface area contributed by atoms with Crippen molar-refractivity contribution in [3.8, 4) is 5.75 Å². The first-order chi connectivity index (χ1) is 12.5. The monoisotopic (exact) mass is 382 g/mol. The summed E-state index contributed by atoms with van der Waals surface area (Å²) in [6.07, 6.45) is 0. The molecule has 0 aliphatic carbocycles. The highest BCUT2D eigenvalue weighted by Crippen LogP contribution is 2.47. The lowest BCUT2D eigenvalue weighted by Gasteiger charge is -2.26. The Morgan fingerprint density at radius 2 is 1.27 bits per heavy atom. The molecular formula is C20H19N2O2PS. The van der Waals surface area contributed by atoms with Gasteiger partial charge in [0.25, 0.3) is 6.57 Å². The number of rotatable bonds is 7. The van der Waals surface area contributed by atoms with Gasteiger partial charge in [0.05, 0.1) is 0 Å². The number of Topliss-reactive ketones (excluding diaryl/α,β-unsaturated/α-hetero) is 1. The molecule has 0 bridgehead atoms. The third-order valence-corrected chi connectivity index (χ3v) is 5.94. The summed E-state index contributed by atoms with van der Waals surface area (Å²) in [6.45, 7) is -1.14. The number of para-hydroxylation sites is 2. The van der Waals surface area contributed by atoms with Crippen molar-refractivity contribution in [3.63, 3.8) is 0 Å². The average molecular weight is 382 g/mol. The number of hydrogen-bond acceptors (Lipinski definition) is 3. The Bertz CT molecular complexity index is 870. The highest BCUT2D eigenvalue weighted by atomic mass is 32.4. The Morgan fingerprint density at radius 1 is 0.808 bits per heavy atom. The van der Waals surface area contributed by atoms with Crippen LogP contribution in [0.5, 0.6) is 5.75 Å². The van der Waals surface area contributed by atoms with Crippen LogP contribution < -0.4 is 14.7 Å². The molecule has 0 atom stereocenters. The van der Waals surface area contributed by atoms with Crippen LogP contribution in [-0.4, -0.2) is 5.78 Å². The van der Waals surface area contributed by atoms with Crippen molar-refractivity contribution >= 4 is 35.5 Å². The predicted molar refractivity (Wildman–Crippen MR) is 111 cm³/mol. The van der Waals surface area contributed by atoms with Crippen molar-refractivity contribution in [1.29, 1.82) is 0 Å². The van der Waals surface area contributed by atoms with E-state index in [9.17, 15) is 4.79 Å². The van der Waals surface area contributed by atoms with Gasteiger partial charge in [-0.1, -0.05) is 36.4 Å². The summed E-state index contributed by atoms with van der Waals surface area (Å²) in [6, 6.07) is 26.4. The topological polar surface area (TPSA) is 50.4 Å². The van der Waals surface area contributed by atoms with E-state index >= 15 is 0 Å². The number of ketones is 1. The van der Waals surface area contributed by atoms with E-state index in [1.54, 1.807) is 24.3 Å². The maximum atomic E-state index is 11.4. The molecule has 0 radical (unpaired) electrons. The van der Waals surface area contributed by atoms with Gasteiger partial charge in [-0.15, -0.1) is 0 Å². The Labute approximate surface area is 158 Å². The van der Waals surface area contributed by atoms with Crippen molar-refractivity contribution < 1.29 is 9.32 Å². The molecule has 0 aliphatic rings. The summed E-state index contributed by atoms with van der Waals surface area (Å²) < 4.78 is 6.14. The SMILES string of the molecule is CC(=O)c1ccc(OP(=S)(Nc2ccccc2)Nc2ccccc2)cc1. The quantitative estimate of drug-likeness (QED) is 0.404. The molecule has 4 nitrogen and oxygen atoms in total. The molecule has 2 N–H and O–H groups in total. The Kier molecular flexibility index (Phi) is 5.71. The maximum Gasteiger partial charge on any atom is 0.299 e. The number of carbonyl (C=O) groups excluding carboxylic acids is 1. The molecule has 3 aromatic rings. The number of anilines is 2. The van der Waals surface area contributed by atoms with Crippen molar-refractivity contribution in [1.82, 2.24) is 0 Å². The van der Waals surface area contributed by atoms with Gasteiger partial charge in [0.15, 0.2) is 5.78 Å². The first kappa shape index (κ1) is 18.2. The van der Waals surface area contributed by atoms with E-state index < -0.39 is 6.57 Å². The van der Waals surface area contributed by atoms with Gasteiger partial charge in [0.2, 0.25) is 0 Å². The molecule has 26 heavy (non-hydrogen) atoms. The van der Waals surface area contributed by atoms with E-state index in [2.05, 4.69) is 10.2 Å². The molecule has 0 saturated carbocycles. The lowest BCUT2D eigenvalue weighted by Crippen LogP contribution is -2.11. The molecule has 0 unspecified atom stereocenters. The summed E-state index contributed by atoms with van der Waals surface area (Å²) in [4.78, 5) is 11.4. The van der Waals surface area contributed by atoms with Crippen LogP contribution >= 0.6 is 6.57 Å². The van der Waals surface area contributed by atoms with Crippen LogP contribution in [-0.2, 0) is 11.8 Å². The zero-order chi connectivity index (χ0) is 18.4. The third kappa shape index (κ3) is 4.94. The van der Waals surface area contributed by atoms with Crippen LogP contribution in [0.1, 0.15) is 17.3 Å². The van der Waals surface area contributed by atoms with Crippen LogP contribution in [0.15, 0.2) is 84.9 Å². The standard InChI is InChI=1S/C20H19N2O2PS/c1-16(23)17-12-14-20(15-13-17)24-25(26,21-18-8-4-2-5-9-18)22-19-10-6-3-7-11-19/h2-15H,1H3,(H2,21,22,26). The number of nitrogens with one attached hydrogen (secondary N) is 2. The minimum absolute atomic E-state index is 0.0146. The fraction of sp³-hybridized carbons (Fsp3) is 0.0500. The van der Waals surface area contributed by atoms with Crippen LogP contribution in [0.2, 0.25) is 0 Å². The molecule has 0 saturated heterocycles. The summed E-state index contributed by atoms with van der Waals surface area (Å²) in [7, 11) is 0. The molecule has 0 fully saturated rings. The fourth-order valence-electron chi connectivity index (χ4n) is 2.34. The average Bonchev–Trinajstić information content (AvgIpc) is 2.63. The molecule has 0 amide bonds. The van der Waals surface area contributed by atoms with E-state index in [1.807, 2.05) is 60.7 Å². The molecular weight excluding hydrogens is 363 g/mol. The Hall–Kier alpha value is -2.62. The number of hydrogen-bond donors (Lipinski definition) is 2. The van der Waals surface area contributed by atoms with Gasteiger partial charge in [0, 0.05) is 16.9 Å². The second-order valence-corrected chi connectivity index (χ2v) is 8.95. The van der Waals surface area contributed by atoms with E-state index in [0.29, 0.717) is 11.3 Å². The van der Waals surface area contributed by atoms with Crippen LogP contribution in [0, 0.1) is 0 Å². The van der Waals surface area contributed by atoms with E-state index in [1.165, 1.54) is 6.92 Å². The van der Waals surface area contributed by atoms with Gasteiger partial charge in [-0.3, -0.25) is 4.79 Å². The smallest absolute Gasteiger partial charge is 0.299 e. The lowest BCUT2D eigenvalue weighted by atomic mass is 10.1. The molecule has 0 heterocycles. The van der Waals surface area contributed by atoms with Crippen molar-refractivity contribution in [3.05, 3.63) is 90.5 Å². The third-order valence-electron chi connectivity index (χ3n) is 3.59. The maximum absolute atomic E-state index is 11.4. The summed E-state index contributed by atoms with van der Waals surface area (Å²) in [5, 5.41) is 6.63. The minimum Gasteiger partial charge on any atom is -0.433 e. The first-order valence-electron chi connectivity index (χ1n) is 8.11. The van der Waals surface area contributed by atoms with Crippen LogP contribution in [0.4, 0.5) is 11.4 Å². The number of carbonyl (C=O) groups is 1. The molecule has 132 valence electrons. The summed E-state index contributed by atoms with van der Waals surface area (Å²) >= 11 is 5.83. The van der Waals surface area contributed by atoms with Gasteiger partial charge in [0.1, 0.15) is 5.75 Å². The Morgan fingerprint density at radius 3 is 1.69 bits per heavy atom. The fourth-order valence-corrected chi connectivity index (χ4v) is 4.77. The molecule has 3 rings (SSSR count). The Balaban J connectivity index is 1.86. The largest absolute Gasteiger partial charge is 0.433 e. The van der Waals surface area contributed by atoms with Gasteiger partial charge in [-0.05, 0) is 67.3 Å². The van der Waals surface area contributed by atoms with E-state index in [0.717, 1.165) is 11.4 Å². The normalized spacial score (nSPS) is 10.8. The first-order valence-corrected chi connectivity index (χ1v) is 10.8. The summed E-state index contributed by atoms with van der Waals surface area (Å²) in [5.41, 5.74) is 2.39. The molecule has 0 aromatic heterocycles. The zero-order valence-electron chi connectivity index (χ0n) is 14.3. The van der Waals surface area contributed by atoms with Crippen molar-refractivity contribution in [2.45, 2.75) is 6.92 Å². The molecule has 6 heteroatoms. The molecule has 0 spiro atoms. The molecule has 3 aromatic carbocycles. The van der Waals surface area contributed by atoms with Crippen LogP contribution in [0.25, 0.3) is 0 Å². The highest BCUT2D eigenvalue weighted by Gasteiger charge is 2.20. The van der Waals surface area contributed by atoms with E-state index in [4.69, 9.17) is 16.3 Å². The highest BCUT2D eigenvalue weighted by molar-refractivity contribution is 8.13. The molecule has 0 aliphatic heterocycles. The van der Waals surface area contributed by atoms with Gasteiger partial charge in [-0.2, -0.15) is 0 Å². The van der Waals surface area contributed by atoms with Gasteiger partial charge >= 0.3 is 0 Å². The van der Waals surface area contributed by atoms with Crippen LogP contribution in [0.3, 0.4) is 0 Å². The van der Waals surface area contributed by atoms with Gasteiger partial charge in [-0.25, -0.2) is 0 Å². The lowest BCUT2D eigenvalue weighted by molar-refractivity contribution is 0.101. The summed E-state index contributed by atoms with van der Waals surface area (Å²) in [5.74, 6) is 0.617. The second kappa shape index (κ2) is 8.17. The minimum atomic E-state index is -2.68. The zero-order valence-corrected chi connectivity index (χ0v) is 16.0. The van der Waals surface area contributed by atoms with Gasteiger partial charge < -0.3 is 14.7 Å². The predicted octanol–water partition coefficient (Wildman–Crippen LogP) is 5.72. The van der Waals surface area contributed by atoms with Crippen molar-refractivity contribution in [2.75, 3.05) is 10.2 Å². The number of benzene rings is 3. The van der Waals surface area contributed by atoms with Crippen molar-refractivity contribution in [2.24, 2.45) is 0 Å². The van der Waals surface area contributed by atoms with E-state index in [-0.39, 0.29) is 5.78 Å².